The summed E-state index contributed by atoms with van der Waals surface area (Å²) in [5.41, 5.74) is 1.22. The number of benzene rings is 2. The van der Waals surface area contributed by atoms with Gasteiger partial charge in [0.2, 0.25) is 0 Å². The Labute approximate surface area is 171 Å². The number of hydrogen-bond donors (Lipinski definition) is 0. The van der Waals surface area contributed by atoms with Crippen molar-refractivity contribution >= 4 is 23.5 Å². The lowest BCUT2D eigenvalue weighted by Crippen LogP contribution is -2.20. The van der Waals surface area contributed by atoms with Crippen LogP contribution in [-0.2, 0) is 9.53 Å². The molecule has 0 unspecified atom stereocenters. The van der Waals surface area contributed by atoms with E-state index in [1.54, 1.807) is 31.2 Å². The molecule has 0 aliphatic carbocycles. The van der Waals surface area contributed by atoms with Gasteiger partial charge in [0.05, 0.1) is 0 Å². The molecule has 0 N–H and O–H groups in total. The summed E-state index contributed by atoms with van der Waals surface area (Å²) in [4.78, 5) is 25.3. The van der Waals surface area contributed by atoms with Crippen molar-refractivity contribution in [2.24, 2.45) is 0 Å². The fourth-order valence-corrected chi connectivity index (χ4v) is 2.87. The van der Waals surface area contributed by atoms with Gasteiger partial charge in [-0.25, -0.2) is 4.79 Å². The van der Waals surface area contributed by atoms with Gasteiger partial charge in [0.25, 0.3) is 0 Å². The van der Waals surface area contributed by atoms with Crippen molar-refractivity contribution in [3.63, 3.8) is 0 Å². The van der Waals surface area contributed by atoms with Gasteiger partial charge in [0, 0.05) is 5.56 Å². The maximum absolute atomic E-state index is 12.8. The van der Waals surface area contributed by atoms with Gasteiger partial charge >= 0.3 is 5.97 Å². The number of tetrazole rings is 1. The summed E-state index contributed by atoms with van der Waals surface area (Å²) in [5, 5.41) is 11.2. The molecule has 2 heterocycles. The largest absolute Gasteiger partial charge is 0.486 e. The SMILES string of the molecule is Cc1nnnn1/C(=C\c1ccccc1)C(=O)OCC(=O)c1ccc2c(c1)OCCO2. The van der Waals surface area contributed by atoms with Crippen LogP contribution in [0.4, 0.5) is 0 Å². The first kappa shape index (κ1) is 19.3. The molecular weight excluding hydrogens is 388 g/mol. The van der Waals surface area contributed by atoms with E-state index in [2.05, 4.69) is 15.5 Å². The molecule has 4 rings (SSSR count). The van der Waals surface area contributed by atoms with E-state index in [-0.39, 0.29) is 11.5 Å². The summed E-state index contributed by atoms with van der Waals surface area (Å²) >= 11 is 0. The maximum Gasteiger partial charge on any atom is 0.357 e. The molecule has 9 nitrogen and oxygen atoms in total. The average molecular weight is 406 g/mol. The van der Waals surface area contributed by atoms with Crippen molar-refractivity contribution in [3.05, 3.63) is 65.5 Å². The van der Waals surface area contributed by atoms with Gasteiger partial charge in [-0.05, 0) is 47.2 Å². The van der Waals surface area contributed by atoms with E-state index < -0.39 is 12.6 Å². The molecule has 0 saturated carbocycles. The molecule has 0 spiro atoms. The first-order valence-corrected chi connectivity index (χ1v) is 9.24. The van der Waals surface area contributed by atoms with E-state index in [0.717, 1.165) is 5.56 Å². The zero-order valence-corrected chi connectivity index (χ0v) is 16.1. The van der Waals surface area contributed by atoms with Crippen molar-refractivity contribution < 1.29 is 23.8 Å². The monoisotopic (exact) mass is 406 g/mol. The van der Waals surface area contributed by atoms with Gasteiger partial charge in [-0.3, -0.25) is 4.79 Å². The molecule has 0 bridgehead atoms. The van der Waals surface area contributed by atoms with Crippen LogP contribution < -0.4 is 9.47 Å². The standard InChI is InChI=1S/C21H18N4O5/c1-14-22-23-24-25(14)17(11-15-5-3-2-4-6-15)21(27)30-13-18(26)16-7-8-19-20(12-16)29-10-9-28-19/h2-8,11-12H,9-10,13H2,1H3/b17-11-. The number of ketones is 1. The van der Waals surface area contributed by atoms with Gasteiger partial charge in [0.15, 0.2) is 35.4 Å². The molecule has 30 heavy (non-hydrogen) atoms. The number of fused-ring (bicyclic) bond motifs is 1. The molecule has 2 aromatic carbocycles. The third-order valence-corrected chi connectivity index (χ3v) is 4.36. The molecular formula is C21H18N4O5. The maximum atomic E-state index is 12.8. The van der Waals surface area contributed by atoms with Crippen LogP contribution in [0.5, 0.6) is 11.5 Å². The highest BCUT2D eigenvalue weighted by Gasteiger charge is 2.20. The minimum absolute atomic E-state index is 0.0960. The van der Waals surface area contributed by atoms with Crippen LogP contribution in [0.25, 0.3) is 11.8 Å². The lowest BCUT2D eigenvalue weighted by molar-refractivity contribution is -0.136. The van der Waals surface area contributed by atoms with Crippen molar-refractivity contribution in [3.8, 4) is 11.5 Å². The second-order valence-electron chi connectivity index (χ2n) is 6.44. The molecule has 0 saturated heterocycles. The first-order chi connectivity index (χ1) is 14.6. The number of carbonyl (C=O) groups excluding carboxylic acids is 2. The van der Waals surface area contributed by atoms with Crippen LogP contribution in [0.2, 0.25) is 0 Å². The summed E-state index contributed by atoms with van der Waals surface area (Å²) in [5.74, 6) is 0.393. The van der Waals surface area contributed by atoms with E-state index in [0.29, 0.717) is 36.1 Å². The molecule has 152 valence electrons. The van der Waals surface area contributed by atoms with E-state index >= 15 is 0 Å². The number of rotatable bonds is 6. The normalized spacial score (nSPS) is 13.0. The molecule has 0 radical (unpaired) electrons. The van der Waals surface area contributed by atoms with Gasteiger partial charge in [-0.15, -0.1) is 5.10 Å². The molecule has 1 aliphatic heterocycles. The van der Waals surface area contributed by atoms with E-state index in [9.17, 15) is 9.59 Å². The van der Waals surface area contributed by atoms with E-state index in [1.807, 2.05) is 30.3 Å². The molecule has 9 heteroatoms. The van der Waals surface area contributed by atoms with Crippen LogP contribution in [0, 0.1) is 6.92 Å². The highest BCUT2D eigenvalue weighted by molar-refractivity contribution is 6.16. The summed E-state index contributed by atoms with van der Waals surface area (Å²) in [6.07, 6.45) is 1.60. The first-order valence-electron chi connectivity index (χ1n) is 9.24. The number of esters is 1. The Kier molecular flexibility index (Phi) is 5.51. The number of ether oxygens (including phenoxy) is 3. The second-order valence-corrected chi connectivity index (χ2v) is 6.44. The summed E-state index contributed by atoms with van der Waals surface area (Å²) in [6, 6.07) is 14.0. The Morgan fingerprint density at radius 1 is 1.10 bits per heavy atom. The van der Waals surface area contributed by atoms with Crippen LogP contribution >= 0.6 is 0 Å². The van der Waals surface area contributed by atoms with Crippen LogP contribution in [0.15, 0.2) is 48.5 Å². The predicted molar refractivity (Wildman–Crippen MR) is 106 cm³/mol. The topological polar surface area (TPSA) is 105 Å². The Morgan fingerprint density at radius 3 is 2.60 bits per heavy atom. The quantitative estimate of drug-likeness (QED) is 0.348. The third-order valence-electron chi connectivity index (χ3n) is 4.36. The number of aromatic nitrogens is 4. The Bertz CT molecular complexity index is 1110. The molecule has 1 aromatic heterocycles. The number of hydrogen-bond acceptors (Lipinski definition) is 8. The minimum atomic E-state index is -0.722. The van der Waals surface area contributed by atoms with Gasteiger partial charge in [0.1, 0.15) is 13.2 Å². The number of nitrogens with zero attached hydrogens (tertiary/aromatic N) is 4. The Hall–Kier alpha value is -4.01. The van der Waals surface area contributed by atoms with Crippen molar-refractivity contribution in [1.82, 2.24) is 20.2 Å². The highest BCUT2D eigenvalue weighted by Crippen LogP contribution is 2.30. The van der Waals surface area contributed by atoms with Crippen LogP contribution in [0.1, 0.15) is 21.7 Å². The van der Waals surface area contributed by atoms with E-state index in [4.69, 9.17) is 14.2 Å². The van der Waals surface area contributed by atoms with Gasteiger partial charge < -0.3 is 14.2 Å². The summed E-state index contributed by atoms with van der Waals surface area (Å²) < 4.78 is 17.5. The molecule has 3 aromatic rings. The summed E-state index contributed by atoms with van der Waals surface area (Å²) in [6.45, 7) is 2.10. The number of aryl methyl sites for hydroxylation is 1. The highest BCUT2D eigenvalue weighted by atomic mass is 16.6. The van der Waals surface area contributed by atoms with Gasteiger partial charge in [-0.1, -0.05) is 30.3 Å². The van der Waals surface area contributed by atoms with E-state index in [1.165, 1.54) is 4.68 Å². The lowest BCUT2D eigenvalue weighted by atomic mass is 10.1. The predicted octanol–water partition coefficient (Wildman–Crippen LogP) is 2.18. The second kappa shape index (κ2) is 8.56. The zero-order chi connectivity index (χ0) is 20.9. The molecule has 1 aliphatic rings. The Morgan fingerprint density at radius 2 is 1.87 bits per heavy atom. The number of carbonyl (C=O) groups is 2. The fraction of sp³-hybridized carbons (Fsp3) is 0.190. The van der Waals surface area contributed by atoms with Crippen molar-refractivity contribution in [1.29, 1.82) is 0 Å². The zero-order valence-electron chi connectivity index (χ0n) is 16.1. The van der Waals surface area contributed by atoms with Gasteiger partial charge in [-0.2, -0.15) is 4.68 Å². The molecule has 0 atom stereocenters. The fourth-order valence-electron chi connectivity index (χ4n) is 2.87. The van der Waals surface area contributed by atoms with Crippen molar-refractivity contribution in [2.45, 2.75) is 6.92 Å². The smallest absolute Gasteiger partial charge is 0.357 e. The van der Waals surface area contributed by atoms with Crippen molar-refractivity contribution in [2.75, 3.05) is 19.8 Å². The average Bonchev–Trinajstić information content (AvgIpc) is 3.21. The van der Waals surface area contributed by atoms with Crippen LogP contribution in [-0.4, -0.2) is 51.8 Å². The number of Topliss-reactive ketones (excluding diaryl/α,β-unsaturated/α-hetero) is 1. The third kappa shape index (κ3) is 4.19. The molecule has 0 amide bonds. The molecule has 0 fully saturated rings. The summed E-state index contributed by atoms with van der Waals surface area (Å²) in [7, 11) is 0. The van der Waals surface area contributed by atoms with Crippen LogP contribution in [0.3, 0.4) is 0 Å². The lowest BCUT2D eigenvalue weighted by Gasteiger charge is -2.18. The minimum Gasteiger partial charge on any atom is -0.486 e. The Balaban J connectivity index is 1.51.